The van der Waals surface area contributed by atoms with Crippen molar-refractivity contribution in [3.05, 3.63) is 28.7 Å². The molecule has 14 heavy (non-hydrogen) atoms. The molecule has 1 rings (SSSR count). The van der Waals surface area contributed by atoms with E-state index in [0.29, 0.717) is 12.3 Å². The highest BCUT2D eigenvalue weighted by Gasteiger charge is 2.04. The van der Waals surface area contributed by atoms with Crippen molar-refractivity contribution in [1.29, 1.82) is 0 Å². The number of benzene rings is 1. The van der Waals surface area contributed by atoms with Crippen molar-refractivity contribution < 1.29 is 4.74 Å². The Labute approximate surface area is 84.1 Å². The van der Waals surface area contributed by atoms with Gasteiger partial charge in [0, 0.05) is 5.56 Å². The van der Waals surface area contributed by atoms with Gasteiger partial charge in [0.2, 0.25) is 0 Å². The topological polar surface area (TPSA) is 38.7 Å². The number of nitrogens with zero attached hydrogens (tertiary/aromatic N) is 1. The van der Waals surface area contributed by atoms with Crippen LogP contribution in [-0.2, 0) is 0 Å². The fourth-order valence-electron chi connectivity index (χ4n) is 1.18. The molecule has 0 saturated carbocycles. The van der Waals surface area contributed by atoms with Crippen LogP contribution in [0.15, 0.2) is 23.4 Å². The van der Waals surface area contributed by atoms with Crippen LogP contribution in [0.5, 0.6) is 5.75 Å². The lowest BCUT2D eigenvalue weighted by Gasteiger charge is -2.08. The van der Waals surface area contributed by atoms with Crippen molar-refractivity contribution in [2.45, 2.75) is 26.7 Å². The Balaban J connectivity index is 2.71. The lowest BCUT2D eigenvalue weighted by Crippen LogP contribution is -1.97. The summed E-state index contributed by atoms with van der Waals surface area (Å²) in [6.45, 7) is 4.65. The summed E-state index contributed by atoms with van der Waals surface area (Å²) in [5.41, 5.74) is 1.28. The highest BCUT2D eigenvalue weighted by atomic mass is 16.5. The first-order valence-electron chi connectivity index (χ1n) is 4.85. The summed E-state index contributed by atoms with van der Waals surface area (Å²) in [5.74, 6) is 0.760. The molecule has 3 heteroatoms. The summed E-state index contributed by atoms with van der Waals surface area (Å²) in [7, 11) is 0. The minimum absolute atomic E-state index is 0.457. The molecule has 0 aromatic heterocycles. The maximum atomic E-state index is 10.4. The van der Waals surface area contributed by atoms with Gasteiger partial charge in [-0.1, -0.05) is 19.4 Å². The van der Waals surface area contributed by atoms with Gasteiger partial charge in [0.05, 0.1) is 6.61 Å². The molecule has 0 radical (unpaired) electrons. The van der Waals surface area contributed by atoms with E-state index in [4.69, 9.17) is 4.74 Å². The molecule has 0 spiro atoms. The van der Waals surface area contributed by atoms with E-state index in [1.54, 1.807) is 12.1 Å². The van der Waals surface area contributed by atoms with Crippen molar-refractivity contribution in [3.8, 4) is 5.75 Å². The maximum absolute atomic E-state index is 10.4. The normalized spacial score (nSPS) is 9.86. The quantitative estimate of drug-likeness (QED) is 0.529. The standard InChI is InChI=1S/C11H15NO2/c1-3-4-8-14-11-7-5-6-10(12-13)9(11)2/h5-7H,3-4,8H2,1-2H3. The molecule has 0 saturated heterocycles. The van der Waals surface area contributed by atoms with Gasteiger partial charge < -0.3 is 4.74 Å². The molecule has 0 aliphatic heterocycles. The molecule has 0 amide bonds. The smallest absolute Gasteiger partial charge is 0.124 e. The van der Waals surface area contributed by atoms with E-state index in [9.17, 15) is 4.91 Å². The van der Waals surface area contributed by atoms with E-state index in [1.165, 1.54) is 0 Å². The second-order valence-corrected chi connectivity index (χ2v) is 3.19. The van der Waals surface area contributed by atoms with Crippen LogP contribution in [0.4, 0.5) is 5.69 Å². The molecule has 0 fully saturated rings. The van der Waals surface area contributed by atoms with Gasteiger partial charge in [0.1, 0.15) is 11.4 Å². The third-order valence-electron chi connectivity index (χ3n) is 2.11. The molecule has 0 aliphatic rings. The number of rotatable bonds is 5. The number of hydrogen-bond acceptors (Lipinski definition) is 3. The Bertz CT molecular complexity index is 310. The van der Waals surface area contributed by atoms with Gasteiger partial charge in [-0.3, -0.25) is 0 Å². The van der Waals surface area contributed by atoms with Crippen LogP contribution in [0.3, 0.4) is 0 Å². The molecule has 0 unspecified atom stereocenters. The summed E-state index contributed by atoms with van der Waals surface area (Å²) in [6.07, 6.45) is 2.13. The van der Waals surface area contributed by atoms with E-state index in [2.05, 4.69) is 12.1 Å². The first-order valence-corrected chi connectivity index (χ1v) is 4.85. The molecule has 0 aliphatic carbocycles. The second kappa shape index (κ2) is 5.37. The monoisotopic (exact) mass is 193 g/mol. The number of unbranched alkanes of at least 4 members (excludes halogenated alkanes) is 1. The first-order chi connectivity index (χ1) is 6.79. The molecule has 3 nitrogen and oxygen atoms in total. The minimum atomic E-state index is 0.457. The average Bonchev–Trinajstić information content (AvgIpc) is 2.21. The van der Waals surface area contributed by atoms with E-state index < -0.39 is 0 Å². The fourth-order valence-corrected chi connectivity index (χ4v) is 1.18. The molecule has 0 bridgehead atoms. The molecule has 1 aromatic rings. The van der Waals surface area contributed by atoms with Crippen LogP contribution < -0.4 is 4.74 Å². The zero-order chi connectivity index (χ0) is 10.4. The van der Waals surface area contributed by atoms with Gasteiger partial charge in [-0.05, 0) is 30.7 Å². The van der Waals surface area contributed by atoms with E-state index >= 15 is 0 Å². The van der Waals surface area contributed by atoms with Crippen LogP contribution in [0.1, 0.15) is 25.3 Å². The fraction of sp³-hybridized carbons (Fsp3) is 0.455. The van der Waals surface area contributed by atoms with Gasteiger partial charge in [0.25, 0.3) is 0 Å². The van der Waals surface area contributed by atoms with Crippen molar-refractivity contribution in [2.24, 2.45) is 5.18 Å². The van der Waals surface area contributed by atoms with Crippen molar-refractivity contribution in [1.82, 2.24) is 0 Å². The predicted octanol–water partition coefficient (Wildman–Crippen LogP) is 3.57. The Morgan fingerprint density at radius 2 is 2.21 bits per heavy atom. The van der Waals surface area contributed by atoms with Crippen LogP contribution in [-0.4, -0.2) is 6.61 Å². The van der Waals surface area contributed by atoms with Crippen molar-refractivity contribution >= 4 is 5.69 Å². The molecule has 0 N–H and O–H groups in total. The summed E-state index contributed by atoms with van der Waals surface area (Å²) >= 11 is 0. The summed E-state index contributed by atoms with van der Waals surface area (Å²) < 4.78 is 5.52. The molecule has 0 heterocycles. The Hall–Kier alpha value is -1.38. The zero-order valence-electron chi connectivity index (χ0n) is 8.62. The summed E-state index contributed by atoms with van der Waals surface area (Å²) in [5, 5.41) is 2.93. The van der Waals surface area contributed by atoms with E-state index in [0.717, 1.165) is 24.2 Å². The predicted molar refractivity (Wildman–Crippen MR) is 57.0 cm³/mol. The van der Waals surface area contributed by atoms with Crippen molar-refractivity contribution in [3.63, 3.8) is 0 Å². The molecular weight excluding hydrogens is 178 g/mol. The van der Waals surface area contributed by atoms with Gasteiger partial charge in [-0.2, -0.15) is 0 Å². The molecular formula is C11H15NO2. The zero-order valence-corrected chi connectivity index (χ0v) is 8.62. The Morgan fingerprint density at radius 1 is 1.43 bits per heavy atom. The largest absolute Gasteiger partial charge is 0.493 e. The lowest BCUT2D eigenvalue weighted by atomic mass is 10.2. The third-order valence-corrected chi connectivity index (χ3v) is 2.11. The minimum Gasteiger partial charge on any atom is -0.493 e. The van der Waals surface area contributed by atoms with Crippen LogP contribution in [0.25, 0.3) is 0 Å². The summed E-state index contributed by atoms with van der Waals surface area (Å²) in [4.78, 5) is 10.4. The van der Waals surface area contributed by atoms with Gasteiger partial charge >= 0.3 is 0 Å². The van der Waals surface area contributed by atoms with Crippen molar-refractivity contribution in [2.75, 3.05) is 6.61 Å². The average molecular weight is 193 g/mol. The van der Waals surface area contributed by atoms with Gasteiger partial charge in [-0.25, -0.2) is 0 Å². The van der Waals surface area contributed by atoms with Crippen LogP contribution >= 0.6 is 0 Å². The second-order valence-electron chi connectivity index (χ2n) is 3.19. The Morgan fingerprint density at radius 3 is 2.86 bits per heavy atom. The number of hydrogen-bond donors (Lipinski definition) is 0. The Kier molecular flexibility index (Phi) is 4.11. The van der Waals surface area contributed by atoms with Crippen LogP contribution in [0, 0.1) is 11.8 Å². The maximum Gasteiger partial charge on any atom is 0.124 e. The number of nitroso groups, excluding NO2 is 1. The highest BCUT2D eigenvalue weighted by Crippen LogP contribution is 2.27. The third kappa shape index (κ3) is 2.55. The lowest BCUT2D eigenvalue weighted by molar-refractivity contribution is 0.307. The SMILES string of the molecule is CCCCOc1cccc(N=O)c1C. The number of ether oxygens (including phenoxy) is 1. The van der Waals surface area contributed by atoms with E-state index in [1.807, 2.05) is 13.0 Å². The van der Waals surface area contributed by atoms with E-state index in [-0.39, 0.29) is 0 Å². The highest BCUT2D eigenvalue weighted by molar-refractivity contribution is 5.52. The van der Waals surface area contributed by atoms with Gasteiger partial charge in [-0.15, -0.1) is 4.91 Å². The molecule has 0 atom stereocenters. The summed E-state index contributed by atoms with van der Waals surface area (Å²) in [6, 6.07) is 5.33. The van der Waals surface area contributed by atoms with Gasteiger partial charge in [0.15, 0.2) is 0 Å². The molecule has 76 valence electrons. The molecule has 1 aromatic carbocycles. The first kappa shape index (κ1) is 10.7. The van der Waals surface area contributed by atoms with Crippen LogP contribution in [0.2, 0.25) is 0 Å².